The summed E-state index contributed by atoms with van der Waals surface area (Å²) < 4.78 is 32.3. The molecule has 0 radical (unpaired) electrons. The molecule has 1 heterocycles. The number of rotatable bonds is 8. The summed E-state index contributed by atoms with van der Waals surface area (Å²) in [4.78, 5) is 25.0. The average Bonchev–Trinajstić information content (AvgIpc) is 2.78. The zero-order chi connectivity index (χ0) is 22.4. The van der Waals surface area contributed by atoms with Crippen LogP contribution in [0.25, 0.3) is 0 Å². The summed E-state index contributed by atoms with van der Waals surface area (Å²) in [6.45, 7) is 0.862. The van der Waals surface area contributed by atoms with Crippen molar-refractivity contribution < 1.29 is 27.9 Å². The van der Waals surface area contributed by atoms with Gasteiger partial charge in [0.15, 0.2) is 6.61 Å². The number of aliphatic carboxylic acids is 1. The van der Waals surface area contributed by atoms with Gasteiger partial charge in [0, 0.05) is 26.7 Å². The molecular formula is C22H26N2O6S. The van der Waals surface area contributed by atoms with E-state index in [0.717, 1.165) is 5.56 Å². The van der Waals surface area contributed by atoms with E-state index in [0.29, 0.717) is 31.7 Å². The zero-order valence-electron chi connectivity index (χ0n) is 17.3. The molecule has 1 fully saturated rings. The van der Waals surface area contributed by atoms with Crippen molar-refractivity contribution in [2.75, 3.05) is 26.7 Å². The minimum atomic E-state index is -3.66. The van der Waals surface area contributed by atoms with Gasteiger partial charge in [0.1, 0.15) is 5.75 Å². The van der Waals surface area contributed by atoms with Crippen LogP contribution in [0.2, 0.25) is 0 Å². The number of carboxylic acids is 1. The third kappa shape index (κ3) is 5.83. The summed E-state index contributed by atoms with van der Waals surface area (Å²) in [5.74, 6) is -1.06. The molecule has 9 heteroatoms. The Bertz CT molecular complexity index is 1000. The van der Waals surface area contributed by atoms with Gasteiger partial charge in [-0.2, -0.15) is 4.31 Å². The summed E-state index contributed by atoms with van der Waals surface area (Å²) in [6, 6.07) is 15.3. The van der Waals surface area contributed by atoms with E-state index in [9.17, 15) is 18.0 Å². The van der Waals surface area contributed by atoms with Crippen LogP contribution in [0, 0.1) is 5.92 Å². The molecule has 1 saturated heterocycles. The lowest BCUT2D eigenvalue weighted by molar-refractivity contribution is -0.146. The number of piperidine rings is 1. The van der Waals surface area contributed by atoms with Gasteiger partial charge in [-0.1, -0.05) is 30.3 Å². The Morgan fingerprint density at radius 3 is 2.26 bits per heavy atom. The van der Waals surface area contributed by atoms with E-state index in [1.165, 1.54) is 35.6 Å². The van der Waals surface area contributed by atoms with E-state index < -0.39 is 21.9 Å². The molecule has 0 bridgehead atoms. The smallest absolute Gasteiger partial charge is 0.306 e. The number of likely N-dealkylation sites (tertiary alicyclic amines) is 1. The molecule has 2 aromatic rings. The summed E-state index contributed by atoms with van der Waals surface area (Å²) in [7, 11) is -2.13. The van der Waals surface area contributed by atoms with Gasteiger partial charge in [-0.05, 0) is 42.7 Å². The molecule has 0 aliphatic carbocycles. The number of benzene rings is 2. The Balaban J connectivity index is 1.54. The van der Waals surface area contributed by atoms with Crippen LogP contribution in [0.4, 0.5) is 0 Å². The number of amides is 1. The van der Waals surface area contributed by atoms with Crippen LogP contribution >= 0.6 is 0 Å². The second-order valence-electron chi connectivity index (χ2n) is 7.50. The van der Waals surface area contributed by atoms with E-state index in [1.807, 2.05) is 30.3 Å². The highest BCUT2D eigenvalue weighted by atomic mass is 32.2. The predicted octanol–water partition coefficient (Wildman–Crippen LogP) is 2.21. The fraction of sp³-hybridized carbons (Fsp3) is 0.364. The van der Waals surface area contributed by atoms with Crippen LogP contribution in [0.3, 0.4) is 0 Å². The molecule has 0 atom stereocenters. The molecule has 0 saturated carbocycles. The lowest BCUT2D eigenvalue weighted by atomic mass is 9.97. The first-order valence-electron chi connectivity index (χ1n) is 10.0. The highest BCUT2D eigenvalue weighted by molar-refractivity contribution is 7.89. The molecule has 0 aromatic heterocycles. The maximum Gasteiger partial charge on any atom is 0.306 e. The lowest BCUT2D eigenvalue weighted by Gasteiger charge is -2.30. The van der Waals surface area contributed by atoms with E-state index >= 15 is 0 Å². The Labute approximate surface area is 182 Å². The predicted molar refractivity (Wildman–Crippen MR) is 114 cm³/mol. The molecule has 1 amide bonds. The lowest BCUT2D eigenvalue weighted by Crippen LogP contribution is -2.42. The normalized spacial score (nSPS) is 15.1. The minimum absolute atomic E-state index is 0.139. The molecule has 31 heavy (non-hydrogen) atoms. The fourth-order valence-corrected chi connectivity index (χ4v) is 4.58. The maximum absolute atomic E-state index is 12.8. The Morgan fingerprint density at radius 2 is 1.68 bits per heavy atom. The van der Waals surface area contributed by atoms with Gasteiger partial charge in [-0.3, -0.25) is 9.59 Å². The fourth-order valence-electron chi connectivity index (χ4n) is 3.43. The summed E-state index contributed by atoms with van der Waals surface area (Å²) in [6.07, 6.45) is 0.869. The third-order valence-corrected chi connectivity index (χ3v) is 7.16. The first-order chi connectivity index (χ1) is 14.8. The molecule has 3 rings (SSSR count). The van der Waals surface area contributed by atoms with Gasteiger partial charge in [-0.25, -0.2) is 8.42 Å². The van der Waals surface area contributed by atoms with Crippen molar-refractivity contribution in [1.82, 2.24) is 9.21 Å². The number of carbonyl (C=O) groups excluding carboxylic acids is 1. The molecule has 1 N–H and O–H groups in total. The van der Waals surface area contributed by atoms with Gasteiger partial charge >= 0.3 is 5.97 Å². The summed E-state index contributed by atoms with van der Waals surface area (Å²) in [5, 5.41) is 9.03. The molecule has 0 unspecified atom stereocenters. The SMILES string of the molecule is CN(Cc1ccccc1)S(=O)(=O)c1ccc(OCC(=O)N2CCC(C(=O)O)CC2)cc1. The Morgan fingerprint density at radius 1 is 1.06 bits per heavy atom. The molecular weight excluding hydrogens is 420 g/mol. The number of hydrogen-bond acceptors (Lipinski definition) is 5. The van der Waals surface area contributed by atoms with Crippen molar-refractivity contribution in [2.45, 2.75) is 24.3 Å². The molecule has 1 aliphatic heterocycles. The number of hydrogen-bond donors (Lipinski definition) is 1. The van der Waals surface area contributed by atoms with Crippen molar-refractivity contribution in [3.8, 4) is 5.75 Å². The molecule has 1 aliphatic rings. The quantitative estimate of drug-likeness (QED) is 0.667. The van der Waals surface area contributed by atoms with E-state index in [2.05, 4.69) is 0 Å². The second-order valence-corrected chi connectivity index (χ2v) is 9.54. The third-order valence-electron chi connectivity index (χ3n) is 5.34. The minimum Gasteiger partial charge on any atom is -0.484 e. The molecule has 8 nitrogen and oxygen atoms in total. The number of ether oxygens (including phenoxy) is 1. The first-order valence-corrected chi connectivity index (χ1v) is 11.4. The van der Waals surface area contributed by atoms with Crippen LogP contribution < -0.4 is 4.74 Å². The van der Waals surface area contributed by atoms with Crippen molar-refractivity contribution in [3.05, 3.63) is 60.2 Å². The number of carbonyl (C=O) groups is 2. The number of carboxylic acid groups (broad SMARTS) is 1. The highest BCUT2D eigenvalue weighted by Gasteiger charge is 2.27. The van der Waals surface area contributed by atoms with Gasteiger partial charge in [0.25, 0.3) is 5.91 Å². The average molecular weight is 447 g/mol. The largest absolute Gasteiger partial charge is 0.484 e. The second kappa shape index (κ2) is 9.93. The van der Waals surface area contributed by atoms with Gasteiger partial charge in [0.05, 0.1) is 10.8 Å². The number of sulfonamides is 1. The number of nitrogens with zero attached hydrogens (tertiary/aromatic N) is 2. The molecule has 2 aromatic carbocycles. The van der Waals surface area contributed by atoms with Crippen molar-refractivity contribution in [2.24, 2.45) is 5.92 Å². The highest BCUT2D eigenvalue weighted by Crippen LogP contribution is 2.21. The first kappa shape index (κ1) is 22.8. The monoisotopic (exact) mass is 446 g/mol. The van der Waals surface area contributed by atoms with E-state index in [1.54, 1.807) is 4.90 Å². The molecule has 0 spiro atoms. The topological polar surface area (TPSA) is 104 Å². The van der Waals surface area contributed by atoms with Crippen molar-refractivity contribution in [1.29, 1.82) is 0 Å². The van der Waals surface area contributed by atoms with Crippen molar-refractivity contribution >= 4 is 21.9 Å². The summed E-state index contributed by atoms with van der Waals surface area (Å²) in [5.41, 5.74) is 0.888. The van der Waals surface area contributed by atoms with Crippen molar-refractivity contribution in [3.63, 3.8) is 0 Å². The maximum atomic E-state index is 12.8. The van der Waals surface area contributed by atoms with Crippen LogP contribution in [-0.2, 0) is 26.2 Å². The van der Waals surface area contributed by atoms with E-state index in [4.69, 9.17) is 9.84 Å². The summed E-state index contributed by atoms with van der Waals surface area (Å²) >= 11 is 0. The zero-order valence-corrected chi connectivity index (χ0v) is 18.1. The van der Waals surface area contributed by atoms with Crippen LogP contribution in [0.1, 0.15) is 18.4 Å². The van der Waals surface area contributed by atoms with Crippen LogP contribution in [0.15, 0.2) is 59.5 Å². The van der Waals surface area contributed by atoms with E-state index in [-0.39, 0.29) is 24.0 Å². The molecule has 166 valence electrons. The Kier molecular flexibility index (Phi) is 7.29. The van der Waals surface area contributed by atoms with Gasteiger partial charge in [0.2, 0.25) is 10.0 Å². The van der Waals surface area contributed by atoms with Crippen LogP contribution in [-0.4, -0.2) is 61.4 Å². The Hall–Kier alpha value is -2.91. The van der Waals surface area contributed by atoms with Crippen LogP contribution in [0.5, 0.6) is 5.75 Å². The van der Waals surface area contributed by atoms with Gasteiger partial charge < -0.3 is 14.7 Å². The standard InChI is InChI=1S/C22H26N2O6S/c1-23(15-17-5-3-2-4-6-17)31(28,29)20-9-7-19(8-10-20)30-16-21(25)24-13-11-18(12-14-24)22(26)27/h2-10,18H,11-16H2,1H3,(H,26,27). The van der Waals surface area contributed by atoms with Gasteiger partial charge in [-0.15, -0.1) is 0 Å².